The van der Waals surface area contributed by atoms with E-state index in [1.54, 1.807) is 0 Å². The molecule has 25 heteroatoms. The maximum atomic E-state index is 11.4. The van der Waals surface area contributed by atoms with Crippen LogP contribution in [-0.2, 0) is 85.8 Å². The van der Waals surface area contributed by atoms with Gasteiger partial charge in [0.15, 0.2) is 0 Å². The average Bonchev–Trinajstić information content (AvgIpc) is 2.60. The van der Waals surface area contributed by atoms with Crippen LogP contribution in [0, 0.1) is 11.8 Å². The van der Waals surface area contributed by atoms with Gasteiger partial charge in [-0.25, -0.2) is 0 Å². The zero-order chi connectivity index (χ0) is 72.5. The van der Waals surface area contributed by atoms with Crippen LogP contribution in [0.1, 0.15) is 204 Å². The van der Waals surface area contributed by atoms with Crippen LogP contribution < -0.4 is 11.1 Å². The fraction of sp³-hybridized carbons (Fsp3) is 0.870. The van der Waals surface area contributed by atoms with Crippen LogP contribution in [0.5, 0.6) is 0 Å². The Morgan fingerprint density at radius 2 is 0.543 bits per heavy atom. The Kier molecular flexibility index (Phi) is 72.0. The van der Waals surface area contributed by atoms with Crippen LogP contribution in [0.4, 0.5) is 0 Å². The summed E-state index contributed by atoms with van der Waals surface area (Å²) in [4.78, 5) is 111. The molecule has 0 atom stereocenters. The third-order valence-corrected chi connectivity index (χ3v) is 15.1. The molecule has 0 aromatic heterocycles. The highest BCUT2D eigenvalue weighted by atomic mass is 16.5. The van der Waals surface area contributed by atoms with Gasteiger partial charge < -0.3 is 78.2 Å². The third-order valence-electron chi connectivity index (χ3n) is 15.1. The maximum Gasteiger partial charge on any atom is 0.306 e. The lowest BCUT2D eigenvalue weighted by molar-refractivity contribution is -0.142. The summed E-state index contributed by atoms with van der Waals surface area (Å²) in [6.45, 7) is 32.5. The zero-order valence-corrected chi connectivity index (χ0v) is 62.5. The van der Waals surface area contributed by atoms with E-state index in [4.69, 9.17) is 10.5 Å². The van der Waals surface area contributed by atoms with Crippen molar-refractivity contribution in [3.8, 4) is 0 Å². The van der Waals surface area contributed by atoms with E-state index in [0.717, 1.165) is 90.3 Å². The molecule has 0 heterocycles. The lowest BCUT2D eigenvalue weighted by Crippen LogP contribution is -2.37. The van der Waals surface area contributed by atoms with Gasteiger partial charge >= 0.3 is 53.7 Å². The first kappa shape index (κ1) is 97.6. The van der Waals surface area contributed by atoms with E-state index in [9.17, 15) is 43.2 Å². The minimum atomic E-state index is -0.269. The molecule has 0 radical (unpaired) electrons. The molecule has 0 aliphatic rings. The molecular weight excluding hydrogens is 1210 g/mol. The van der Waals surface area contributed by atoms with E-state index in [2.05, 4.69) is 137 Å². The van der Waals surface area contributed by atoms with Gasteiger partial charge in [-0.15, -0.1) is 0 Å². The molecule has 0 saturated carbocycles. The van der Waals surface area contributed by atoms with E-state index < -0.39 is 0 Å². The Bertz CT molecular complexity index is 1840. The summed E-state index contributed by atoms with van der Waals surface area (Å²) in [5, 5.41) is 3.20. The number of carbonyl (C=O) groups is 9. The lowest BCUT2D eigenvalue weighted by Gasteiger charge is -2.28. The summed E-state index contributed by atoms with van der Waals surface area (Å²) in [5.74, 6) is -0.232. The fourth-order valence-electron chi connectivity index (χ4n) is 8.93. The molecule has 0 aromatic rings. The second-order valence-electron chi connectivity index (χ2n) is 24.4. The fourth-order valence-corrected chi connectivity index (χ4v) is 8.93. The molecule has 3 N–H and O–H groups in total. The van der Waals surface area contributed by atoms with Crippen molar-refractivity contribution in [3.05, 3.63) is 0 Å². The number of nitrogens with one attached hydrogen (secondary N) is 1. The van der Waals surface area contributed by atoms with Crippen molar-refractivity contribution in [1.29, 1.82) is 0 Å². The maximum absolute atomic E-state index is 11.4. The standard InChI is InChI=1S/C18H34N2O6.C15H29NO4.C14H28N2O4.C12H24O2.C10H22N2O2/c1-15(2)20(14-9-18(23)26-5)11-6-10-19(12-7-16(21)24-3)13-8-17(22)25-4;1-13(2)7-5-6-10-16(11-8-14(17)19-3)12-9-15(18)20-4;1-12(2)16(11-7-14(18)20-4)10-5-8-15-9-6-13(17)19-3;1-11(2)9-7-5-4-6-8-10-12(13)14-3;1-9(2)12(7-4-6-11)8-5-10(13)14-3/h15H,6-14H2,1-5H3;13H,5-12H2,1-4H3;12,15H,5-11H2,1-4H3;11H,4-10H2,1-3H3;9H,4-8,11H2,1-3H3. The molecule has 0 spiro atoms. The molecule has 0 amide bonds. The molecule has 0 rings (SSSR count). The van der Waals surface area contributed by atoms with Gasteiger partial charge in [0.2, 0.25) is 0 Å². The van der Waals surface area contributed by atoms with Gasteiger partial charge in [-0.1, -0.05) is 72.6 Å². The Morgan fingerprint density at radius 1 is 0.277 bits per heavy atom. The Hall–Kier alpha value is -5.05. The minimum absolute atomic E-state index is 0.0767. The van der Waals surface area contributed by atoms with Crippen molar-refractivity contribution in [1.82, 2.24) is 29.8 Å². The topological polar surface area (TPSA) is 291 Å². The van der Waals surface area contributed by atoms with Gasteiger partial charge in [0.05, 0.1) is 115 Å². The van der Waals surface area contributed by atoms with E-state index >= 15 is 0 Å². The third kappa shape index (κ3) is 69.8. The molecule has 25 nitrogen and oxygen atoms in total. The molecule has 0 aromatic carbocycles. The van der Waals surface area contributed by atoms with Crippen LogP contribution in [0.25, 0.3) is 0 Å². The zero-order valence-electron chi connectivity index (χ0n) is 62.5. The highest BCUT2D eigenvalue weighted by Gasteiger charge is 2.17. The predicted octanol–water partition coefficient (Wildman–Crippen LogP) is 8.28. The van der Waals surface area contributed by atoms with Crippen molar-refractivity contribution >= 4 is 53.7 Å². The average molecular weight is 1350 g/mol. The van der Waals surface area contributed by atoms with Crippen LogP contribution >= 0.6 is 0 Å². The normalized spacial score (nSPS) is 10.9. The number of hydrogen-bond acceptors (Lipinski definition) is 25. The second-order valence-corrected chi connectivity index (χ2v) is 24.4. The number of rotatable bonds is 51. The number of carbonyl (C=O) groups excluding carboxylic acids is 9. The number of nitrogens with zero attached hydrogens (tertiary/aromatic N) is 5. The molecule has 556 valence electrons. The van der Waals surface area contributed by atoms with Gasteiger partial charge in [-0.05, 0) is 131 Å². The first-order valence-electron chi connectivity index (χ1n) is 34.3. The van der Waals surface area contributed by atoms with Gasteiger partial charge in [0, 0.05) is 76.9 Å². The van der Waals surface area contributed by atoms with Crippen LogP contribution in [0.2, 0.25) is 0 Å². The molecule has 0 aliphatic heterocycles. The molecule has 0 unspecified atom stereocenters. The Balaban J connectivity index is -0.000000358. The highest BCUT2D eigenvalue weighted by molar-refractivity contribution is 5.72. The summed E-state index contributed by atoms with van der Waals surface area (Å²) < 4.78 is 41.7. The molecule has 0 fully saturated rings. The molecule has 0 saturated heterocycles. The Labute approximate surface area is 569 Å². The van der Waals surface area contributed by atoms with Crippen molar-refractivity contribution in [3.63, 3.8) is 0 Å². The number of esters is 9. The second kappa shape index (κ2) is 69.3. The monoisotopic (exact) mass is 1350 g/mol. The highest BCUT2D eigenvalue weighted by Crippen LogP contribution is 2.13. The van der Waals surface area contributed by atoms with E-state index in [-0.39, 0.29) is 66.6 Å². The number of ether oxygens (including phenoxy) is 9. The van der Waals surface area contributed by atoms with Gasteiger partial charge in [0.1, 0.15) is 0 Å². The molecule has 0 bridgehead atoms. The van der Waals surface area contributed by atoms with Crippen LogP contribution in [0.3, 0.4) is 0 Å². The van der Waals surface area contributed by atoms with E-state index in [1.807, 2.05) is 0 Å². The summed E-state index contributed by atoms with van der Waals surface area (Å²) >= 11 is 0. The lowest BCUT2D eigenvalue weighted by atomic mass is 10.0. The number of unbranched alkanes of at least 4 members (excludes halogenated alkanes) is 5. The molecule has 0 aliphatic carbocycles. The molecule has 94 heavy (non-hydrogen) atoms. The van der Waals surface area contributed by atoms with Gasteiger partial charge in [0.25, 0.3) is 0 Å². The molecular formula is C69H137N7O18. The SMILES string of the molecule is COC(=O)CCCCCCCC(C)C.COC(=O)CCN(CCCCC(C)C)CCC(=O)OC.COC(=O)CCN(CCCN(CCC(=O)OC)C(C)C)CCC(=O)OC.COC(=O)CCN(CCCN)C(C)C.COC(=O)CCNCCCN(CCC(=O)OC)C(C)C. The first-order chi connectivity index (χ1) is 44.6. The number of hydrogen-bond donors (Lipinski definition) is 2. The van der Waals surface area contributed by atoms with Crippen LogP contribution in [0.15, 0.2) is 0 Å². The van der Waals surface area contributed by atoms with Gasteiger partial charge in [-0.3, -0.25) is 43.2 Å². The summed E-state index contributed by atoms with van der Waals surface area (Å²) in [5.41, 5.74) is 5.44. The van der Waals surface area contributed by atoms with Crippen molar-refractivity contribution < 1.29 is 85.8 Å². The van der Waals surface area contributed by atoms with E-state index in [1.165, 1.54) is 103 Å². The van der Waals surface area contributed by atoms with Crippen molar-refractivity contribution in [2.24, 2.45) is 17.6 Å². The first-order valence-corrected chi connectivity index (χ1v) is 34.3. The summed E-state index contributed by atoms with van der Waals surface area (Å²) in [7, 11) is 12.6. The smallest absolute Gasteiger partial charge is 0.306 e. The minimum Gasteiger partial charge on any atom is -0.469 e. The largest absolute Gasteiger partial charge is 0.469 e. The van der Waals surface area contributed by atoms with Crippen LogP contribution in [-0.4, -0.2) is 259 Å². The van der Waals surface area contributed by atoms with Crippen molar-refractivity contribution in [2.45, 2.75) is 222 Å². The van der Waals surface area contributed by atoms with E-state index in [0.29, 0.717) is 121 Å². The van der Waals surface area contributed by atoms with Crippen molar-refractivity contribution in [2.75, 3.05) is 162 Å². The summed E-state index contributed by atoms with van der Waals surface area (Å²) in [6, 6.07) is 1.17. The summed E-state index contributed by atoms with van der Waals surface area (Å²) in [6.07, 6.45) is 17.2. The van der Waals surface area contributed by atoms with Gasteiger partial charge in [-0.2, -0.15) is 0 Å². The Morgan fingerprint density at radius 3 is 0.862 bits per heavy atom. The number of nitrogens with two attached hydrogens (primary N) is 1. The predicted molar refractivity (Wildman–Crippen MR) is 370 cm³/mol. The number of methoxy groups -OCH3 is 9. The quantitative estimate of drug-likeness (QED) is 0.0329.